The van der Waals surface area contributed by atoms with Crippen molar-refractivity contribution >= 4 is 11.1 Å². The lowest BCUT2D eigenvalue weighted by molar-refractivity contribution is -0.458. The van der Waals surface area contributed by atoms with E-state index in [2.05, 4.69) is 0 Å². The molecule has 0 bridgehead atoms. The lowest BCUT2D eigenvalue weighted by Crippen LogP contribution is -2.74. The van der Waals surface area contributed by atoms with Gasteiger partial charge in [-0.1, -0.05) is 0 Å². The topological polar surface area (TPSA) is 40.1 Å². The summed E-state index contributed by atoms with van der Waals surface area (Å²) >= 11 is -5.81. The minimum absolute atomic E-state index is 5.81. The molecule has 2 nitrogen and oxygen atoms in total. The molecule has 1 unspecified atom stereocenters. The summed E-state index contributed by atoms with van der Waals surface area (Å²) in [5.41, 5.74) is 0. The highest BCUT2D eigenvalue weighted by Crippen LogP contribution is 2.64. The van der Waals surface area contributed by atoms with Crippen molar-refractivity contribution in [3.8, 4) is 0 Å². The molecule has 0 aromatic heterocycles. The Labute approximate surface area is 142 Å². The van der Waals surface area contributed by atoms with Gasteiger partial charge in [-0.05, 0) is 0 Å². The standard InChI is InChI=1S/C8HF17O2S/c9-1(10,3(13,14)5(17,18)7(21,22)23)2(11,12)4(15,16)6(19,20)8(24,25)28(26)27/h(H,26,27)/p-1. The SMILES string of the molecule is O=S([O-])C(F)(F)C(F)(F)C(F)(F)C(F)(F)C(F)(F)C(F)(F)C(F)(F)C(F)(F)F. The summed E-state index contributed by atoms with van der Waals surface area (Å²) in [6.07, 6.45) is -7.84. The molecule has 0 radical (unpaired) electrons. The number of halogens is 17. The van der Waals surface area contributed by atoms with Gasteiger partial charge >= 0.3 is 47.0 Å². The van der Waals surface area contributed by atoms with E-state index in [9.17, 15) is 83.4 Å². The van der Waals surface area contributed by atoms with Gasteiger partial charge in [-0.15, -0.1) is 0 Å². The van der Waals surface area contributed by atoms with E-state index in [4.69, 9.17) is 0 Å². The summed E-state index contributed by atoms with van der Waals surface area (Å²) in [4.78, 5) is 0. The highest BCUT2D eigenvalue weighted by molar-refractivity contribution is 7.80. The van der Waals surface area contributed by atoms with Crippen molar-refractivity contribution in [1.82, 2.24) is 0 Å². The van der Waals surface area contributed by atoms with Crippen LogP contribution in [-0.4, -0.2) is 55.7 Å². The molecule has 1 atom stereocenters. The third-order valence-electron chi connectivity index (χ3n) is 2.90. The van der Waals surface area contributed by atoms with Crippen molar-refractivity contribution in [3.63, 3.8) is 0 Å². The molecule has 0 amide bonds. The van der Waals surface area contributed by atoms with Crippen molar-refractivity contribution in [2.45, 2.75) is 47.0 Å². The molecule has 20 heteroatoms. The highest BCUT2D eigenvalue weighted by atomic mass is 32.2. The monoisotopic (exact) mass is 483 g/mol. The van der Waals surface area contributed by atoms with Crippen molar-refractivity contribution in [2.24, 2.45) is 0 Å². The minimum Gasteiger partial charge on any atom is -0.768 e. The van der Waals surface area contributed by atoms with Gasteiger partial charge in [-0.3, -0.25) is 4.21 Å². The maximum absolute atomic E-state index is 13.0. The van der Waals surface area contributed by atoms with Crippen LogP contribution in [0.4, 0.5) is 74.6 Å². The normalized spacial score (nSPS) is 17.6. The molecule has 0 saturated carbocycles. The molecule has 0 N–H and O–H groups in total. The van der Waals surface area contributed by atoms with Gasteiger partial charge in [0, 0.05) is 11.1 Å². The van der Waals surface area contributed by atoms with Crippen molar-refractivity contribution in [1.29, 1.82) is 0 Å². The summed E-state index contributed by atoms with van der Waals surface area (Å²) in [5.74, 6) is -51.2. The van der Waals surface area contributed by atoms with Gasteiger partial charge in [0.25, 0.3) is 0 Å². The van der Waals surface area contributed by atoms with E-state index in [1.165, 1.54) is 0 Å². The van der Waals surface area contributed by atoms with E-state index in [1.54, 1.807) is 0 Å². The van der Waals surface area contributed by atoms with E-state index >= 15 is 0 Å². The first-order valence-electron chi connectivity index (χ1n) is 5.50. The quantitative estimate of drug-likeness (QED) is 0.385. The smallest absolute Gasteiger partial charge is 0.460 e. The second kappa shape index (κ2) is 6.46. The fourth-order valence-electron chi connectivity index (χ4n) is 1.25. The van der Waals surface area contributed by atoms with Gasteiger partial charge in [0.1, 0.15) is 0 Å². The van der Waals surface area contributed by atoms with Crippen LogP contribution in [0.2, 0.25) is 0 Å². The van der Waals surface area contributed by atoms with E-state index in [1.807, 2.05) is 0 Å². The Morgan fingerprint density at radius 1 is 0.429 bits per heavy atom. The maximum atomic E-state index is 13.0. The van der Waals surface area contributed by atoms with E-state index in [0.29, 0.717) is 0 Å². The molecule has 0 saturated heterocycles. The summed E-state index contributed by atoms with van der Waals surface area (Å²) < 4.78 is 233. The van der Waals surface area contributed by atoms with E-state index in [0.717, 1.165) is 0 Å². The zero-order valence-electron chi connectivity index (χ0n) is 11.7. The second-order valence-electron chi connectivity index (χ2n) is 4.70. The Morgan fingerprint density at radius 2 is 0.643 bits per heavy atom. The van der Waals surface area contributed by atoms with Crippen molar-refractivity contribution in [2.75, 3.05) is 0 Å². The molecule has 0 aromatic rings. The van der Waals surface area contributed by atoms with Gasteiger partial charge in [-0.2, -0.15) is 74.6 Å². The predicted octanol–water partition coefficient (Wildman–Crippen LogP) is 4.83. The first kappa shape index (κ1) is 26.9. The van der Waals surface area contributed by atoms with Crippen molar-refractivity contribution < 1.29 is 83.4 Å². The minimum atomic E-state index is -8.77. The number of hydrogen-bond acceptors (Lipinski definition) is 2. The molecular formula is C8F17O2S-. The van der Waals surface area contributed by atoms with Crippen LogP contribution in [0.1, 0.15) is 0 Å². The fraction of sp³-hybridized carbons (Fsp3) is 1.00. The molecule has 0 aliphatic heterocycles. The lowest BCUT2D eigenvalue weighted by Gasteiger charge is -2.42. The Balaban J connectivity index is 6.76. The van der Waals surface area contributed by atoms with Crippen LogP contribution in [0, 0.1) is 0 Å². The van der Waals surface area contributed by atoms with Crippen LogP contribution in [0.3, 0.4) is 0 Å². The van der Waals surface area contributed by atoms with Crippen LogP contribution in [0.25, 0.3) is 0 Å². The molecule has 0 rings (SSSR count). The molecule has 0 spiro atoms. The first-order chi connectivity index (χ1) is 11.7. The maximum Gasteiger partial charge on any atom is 0.460 e. The van der Waals surface area contributed by atoms with Gasteiger partial charge in [0.15, 0.2) is 0 Å². The molecule has 170 valence electrons. The Morgan fingerprint density at radius 3 is 0.857 bits per heavy atom. The van der Waals surface area contributed by atoms with Gasteiger partial charge < -0.3 is 4.55 Å². The highest BCUT2D eigenvalue weighted by Gasteiger charge is 2.95. The average Bonchev–Trinajstić information content (AvgIpc) is 2.44. The molecule has 0 aromatic carbocycles. The zero-order valence-corrected chi connectivity index (χ0v) is 12.5. The molecule has 0 aliphatic rings. The molecule has 0 aliphatic carbocycles. The summed E-state index contributed by atoms with van der Waals surface area (Å²) in [7, 11) is 0. The number of rotatable bonds is 7. The third kappa shape index (κ3) is 3.09. The Bertz CT molecular complexity index is 619. The van der Waals surface area contributed by atoms with Crippen molar-refractivity contribution in [3.05, 3.63) is 0 Å². The molecule has 0 heterocycles. The molecule has 28 heavy (non-hydrogen) atoms. The van der Waals surface area contributed by atoms with Crippen LogP contribution in [-0.2, 0) is 11.1 Å². The average molecular weight is 483 g/mol. The summed E-state index contributed by atoms with van der Waals surface area (Å²) in [6, 6.07) is 0. The van der Waals surface area contributed by atoms with Gasteiger partial charge in [0.05, 0.1) is 0 Å². The molecule has 0 fully saturated rings. The van der Waals surface area contributed by atoms with Crippen LogP contribution < -0.4 is 0 Å². The fourth-order valence-corrected chi connectivity index (χ4v) is 1.59. The van der Waals surface area contributed by atoms with Gasteiger partial charge in [0.2, 0.25) is 0 Å². The largest absolute Gasteiger partial charge is 0.768 e. The van der Waals surface area contributed by atoms with E-state index in [-0.39, 0.29) is 0 Å². The lowest BCUT2D eigenvalue weighted by atomic mass is 9.91. The predicted molar refractivity (Wildman–Crippen MR) is 49.6 cm³/mol. The first-order valence-corrected chi connectivity index (χ1v) is 6.58. The van der Waals surface area contributed by atoms with Gasteiger partial charge in [-0.25, -0.2) is 0 Å². The number of alkyl halides is 17. The summed E-state index contributed by atoms with van der Waals surface area (Å²) in [6.45, 7) is 0. The number of hydrogen-bond donors (Lipinski definition) is 0. The van der Waals surface area contributed by atoms with Crippen LogP contribution in [0.15, 0.2) is 0 Å². The third-order valence-corrected chi connectivity index (χ3v) is 3.58. The summed E-state index contributed by atoms with van der Waals surface area (Å²) in [5, 5.41) is -7.39. The molecular weight excluding hydrogens is 483 g/mol. The van der Waals surface area contributed by atoms with Crippen LogP contribution >= 0.6 is 0 Å². The van der Waals surface area contributed by atoms with Crippen LogP contribution in [0.5, 0.6) is 0 Å². The van der Waals surface area contributed by atoms with E-state index < -0.39 is 58.0 Å². The Hall–Kier alpha value is -1.08. The Kier molecular flexibility index (Phi) is 6.21. The second-order valence-corrected chi connectivity index (χ2v) is 5.68. The zero-order chi connectivity index (χ0) is 23.6.